The first-order chi connectivity index (χ1) is 9.38. The molecule has 2 aromatic rings. The van der Waals surface area contributed by atoms with E-state index in [9.17, 15) is 22.8 Å². The van der Waals surface area contributed by atoms with Gasteiger partial charge in [-0.3, -0.25) is 14.4 Å². The van der Waals surface area contributed by atoms with Gasteiger partial charge in [-0.1, -0.05) is 12.1 Å². The molecule has 0 unspecified atom stereocenters. The van der Waals surface area contributed by atoms with E-state index in [0.29, 0.717) is 5.52 Å². The molecule has 1 heterocycles. The first-order valence-corrected chi connectivity index (χ1v) is 5.48. The number of nitrogens with one attached hydrogen (secondary N) is 2. The molecule has 0 aliphatic carbocycles. The zero-order valence-corrected chi connectivity index (χ0v) is 9.95. The van der Waals surface area contributed by atoms with Crippen LogP contribution in [-0.4, -0.2) is 23.7 Å². The molecule has 0 radical (unpaired) electrons. The SMILES string of the molecule is O=C(NOCC(F)(F)F)c1c[nH]c2ccccc2c1=O. The number of aromatic nitrogens is 1. The molecule has 1 aromatic heterocycles. The quantitative estimate of drug-likeness (QED) is 0.844. The van der Waals surface area contributed by atoms with Crippen LogP contribution in [0.5, 0.6) is 0 Å². The minimum absolute atomic E-state index is 0.260. The molecule has 0 spiro atoms. The van der Waals surface area contributed by atoms with Crippen molar-refractivity contribution in [2.75, 3.05) is 6.61 Å². The molecule has 2 N–H and O–H groups in total. The number of fused-ring (bicyclic) bond motifs is 1. The number of aromatic amines is 1. The fraction of sp³-hybridized carbons (Fsp3) is 0.167. The Morgan fingerprint density at radius 2 is 2.00 bits per heavy atom. The summed E-state index contributed by atoms with van der Waals surface area (Å²) in [7, 11) is 0. The summed E-state index contributed by atoms with van der Waals surface area (Å²) in [5, 5.41) is 0.260. The van der Waals surface area contributed by atoms with Crippen LogP contribution in [0.15, 0.2) is 35.3 Å². The molecule has 1 amide bonds. The van der Waals surface area contributed by atoms with Gasteiger partial charge in [0, 0.05) is 17.1 Å². The molecule has 0 saturated heterocycles. The highest BCUT2D eigenvalue weighted by Gasteiger charge is 2.28. The van der Waals surface area contributed by atoms with Crippen LogP contribution in [0.2, 0.25) is 0 Å². The number of benzene rings is 1. The molecule has 0 bridgehead atoms. The van der Waals surface area contributed by atoms with Gasteiger partial charge in [-0.15, -0.1) is 0 Å². The second-order valence-corrected chi connectivity index (χ2v) is 3.91. The van der Waals surface area contributed by atoms with Crippen molar-refractivity contribution in [3.63, 3.8) is 0 Å². The number of carbonyl (C=O) groups is 1. The maximum Gasteiger partial charge on any atom is 0.414 e. The Labute approximate surface area is 110 Å². The highest BCUT2D eigenvalue weighted by molar-refractivity contribution is 5.96. The lowest BCUT2D eigenvalue weighted by atomic mass is 10.1. The van der Waals surface area contributed by atoms with Gasteiger partial charge in [-0.25, -0.2) is 5.48 Å². The monoisotopic (exact) mass is 286 g/mol. The van der Waals surface area contributed by atoms with Gasteiger partial charge in [0.05, 0.1) is 0 Å². The Kier molecular flexibility index (Phi) is 3.75. The minimum Gasteiger partial charge on any atom is -0.360 e. The normalized spacial score (nSPS) is 11.6. The summed E-state index contributed by atoms with van der Waals surface area (Å²) in [4.78, 5) is 30.3. The predicted octanol–water partition coefficient (Wildman–Crippen LogP) is 1.75. The molecule has 1 aromatic carbocycles. The molecule has 0 atom stereocenters. The Hall–Kier alpha value is -2.35. The summed E-state index contributed by atoms with van der Waals surface area (Å²) < 4.78 is 35.6. The number of hydroxylamine groups is 1. The van der Waals surface area contributed by atoms with Gasteiger partial charge in [0.2, 0.25) is 5.43 Å². The molecular formula is C12H9F3N2O3. The Balaban J connectivity index is 2.19. The summed E-state index contributed by atoms with van der Waals surface area (Å²) >= 11 is 0. The summed E-state index contributed by atoms with van der Waals surface area (Å²) in [6, 6.07) is 6.45. The molecular weight excluding hydrogens is 277 g/mol. The predicted molar refractivity (Wildman–Crippen MR) is 64.0 cm³/mol. The van der Waals surface area contributed by atoms with E-state index in [1.54, 1.807) is 23.7 Å². The van der Waals surface area contributed by atoms with Gasteiger partial charge in [0.25, 0.3) is 5.91 Å². The third kappa shape index (κ3) is 3.15. The number of hydrogen-bond acceptors (Lipinski definition) is 3. The van der Waals surface area contributed by atoms with Crippen molar-refractivity contribution >= 4 is 16.8 Å². The maximum absolute atomic E-state index is 12.0. The van der Waals surface area contributed by atoms with Crippen LogP contribution >= 0.6 is 0 Å². The zero-order chi connectivity index (χ0) is 14.8. The molecule has 0 fully saturated rings. The van der Waals surface area contributed by atoms with E-state index in [0.717, 1.165) is 6.20 Å². The van der Waals surface area contributed by atoms with Crippen LogP contribution in [-0.2, 0) is 4.84 Å². The van der Waals surface area contributed by atoms with Crippen molar-refractivity contribution < 1.29 is 22.8 Å². The van der Waals surface area contributed by atoms with E-state index < -0.39 is 24.1 Å². The van der Waals surface area contributed by atoms with Gasteiger partial charge < -0.3 is 4.98 Å². The maximum atomic E-state index is 12.0. The van der Waals surface area contributed by atoms with Crippen LogP contribution in [0.3, 0.4) is 0 Å². The summed E-state index contributed by atoms with van der Waals surface area (Å²) in [5.74, 6) is -1.04. The number of hydrogen-bond donors (Lipinski definition) is 2. The van der Waals surface area contributed by atoms with Gasteiger partial charge in [-0.2, -0.15) is 13.2 Å². The molecule has 0 aliphatic rings. The zero-order valence-electron chi connectivity index (χ0n) is 9.95. The van der Waals surface area contributed by atoms with Gasteiger partial charge >= 0.3 is 6.18 Å². The van der Waals surface area contributed by atoms with Gasteiger partial charge in [0.15, 0.2) is 6.61 Å². The first kappa shape index (κ1) is 14.1. The van der Waals surface area contributed by atoms with Crippen LogP contribution < -0.4 is 10.9 Å². The number of halogens is 3. The average molecular weight is 286 g/mol. The number of alkyl halides is 3. The van der Waals surface area contributed by atoms with Crippen molar-refractivity contribution in [2.24, 2.45) is 0 Å². The number of carbonyl (C=O) groups excluding carboxylic acids is 1. The van der Waals surface area contributed by atoms with E-state index >= 15 is 0 Å². The second kappa shape index (κ2) is 5.33. The van der Waals surface area contributed by atoms with Crippen LogP contribution in [0.25, 0.3) is 10.9 Å². The molecule has 20 heavy (non-hydrogen) atoms. The van der Waals surface area contributed by atoms with Crippen molar-refractivity contribution in [1.82, 2.24) is 10.5 Å². The molecule has 5 nitrogen and oxygen atoms in total. The topological polar surface area (TPSA) is 71.2 Å². The van der Waals surface area contributed by atoms with E-state index in [2.05, 4.69) is 9.82 Å². The van der Waals surface area contributed by atoms with E-state index in [1.807, 2.05) is 0 Å². The number of H-pyrrole nitrogens is 1. The third-order valence-electron chi connectivity index (χ3n) is 2.43. The van der Waals surface area contributed by atoms with Gasteiger partial charge in [-0.05, 0) is 12.1 Å². The standard InChI is InChI=1S/C12H9F3N2O3/c13-12(14,15)6-20-17-11(19)8-5-16-9-4-2-1-3-7(9)10(8)18/h1-5H,6H2,(H,16,18)(H,17,19). The van der Waals surface area contributed by atoms with Gasteiger partial charge in [0.1, 0.15) is 5.56 Å². The molecule has 2 rings (SSSR count). The fourth-order valence-corrected chi connectivity index (χ4v) is 1.57. The minimum atomic E-state index is -4.57. The van der Waals surface area contributed by atoms with Crippen LogP contribution in [0, 0.1) is 0 Å². The third-order valence-corrected chi connectivity index (χ3v) is 2.43. The molecule has 0 aliphatic heterocycles. The van der Waals surface area contributed by atoms with Crippen molar-refractivity contribution in [1.29, 1.82) is 0 Å². The van der Waals surface area contributed by atoms with Crippen LogP contribution in [0.4, 0.5) is 13.2 Å². The first-order valence-electron chi connectivity index (χ1n) is 5.48. The molecule has 106 valence electrons. The van der Waals surface area contributed by atoms with E-state index in [4.69, 9.17) is 0 Å². The Morgan fingerprint density at radius 3 is 2.70 bits per heavy atom. The fourth-order valence-electron chi connectivity index (χ4n) is 1.57. The highest BCUT2D eigenvalue weighted by atomic mass is 19.4. The number of pyridine rings is 1. The Morgan fingerprint density at radius 1 is 1.30 bits per heavy atom. The Bertz CT molecular complexity index is 694. The summed E-state index contributed by atoms with van der Waals surface area (Å²) in [6.07, 6.45) is -3.44. The summed E-state index contributed by atoms with van der Waals surface area (Å²) in [5.41, 5.74) is 1.18. The highest BCUT2D eigenvalue weighted by Crippen LogP contribution is 2.13. The molecule has 8 heteroatoms. The number of para-hydroxylation sites is 1. The van der Waals surface area contributed by atoms with Crippen molar-refractivity contribution in [3.8, 4) is 0 Å². The number of amides is 1. The van der Waals surface area contributed by atoms with E-state index in [1.165, 1.54) is 6.07 Å². The largest absolute Gasteiger partial charge is 0.414 e. The lowest BCUT2D eigenvalue weighted by Gasteiger charge is -2.08. The molecule has 0 saturated carbocycles. The van der Waals surface area contributed by atoms with Crippen LogP contribution in [0.1, 0.15) is 10.4 Å². The van der Waals surface area contributed by atoms with Crippen molar-refractivity contribution in [3.05, 3.63) is 46.2 Å². The lowest BCUT2D eigenvalue weighted by Crippen LogP contribution is -2.32. The number of rotatable bonds is 3. The van der Waals surface area contributed by atoms with Crippen molar-refractivity contribution in [2.45, 2.75) is 6.18 Å². The second-order valence-electron chi connectivity index (χ2n) is 3.91. The van der Waals surface area contributed by atoms with E-state index in [-0.39, 0.29) is 10.9 Å². The average Bonchev–Trinajstić information content (AvgIpc) is 2.38. The lowest BCUT2D eigenvalue weighted by molar-refractivity contribution is -0.184. The smallest absolute Gasteiger partial charge is 0.360 e. The summed E-state index contributed by atoms with van der Waals surface area (Å²) in [6.45, 7) is -1.63.